The second kappa shape index (κ2) is 7.64. The molecule has 0 aliphatic heterocycles. The highest BCUT2D eigenvalue weighted by molar-refractivity contribution is 5.59. The van der Waals surface area contributed by atoms with Crippen LogP contribution in [0.3, 0.4) is 0 Å². The smallest absolute Gasteiger partial charge is 0.269 e. The number of hydrogen-bond donors (Lipinski definition) is 2. The number of nitrogens with zero attached hydrogens (tertiary/aromatic N) is 3. The van der Waals surface area contributed by atoms with Crippen molar-refractivity contribution in [2.24, 2.45) is 0 Å². The predicted octanol–water partition coefficient (Wildman–Crippen LogP) is 2.80. The predicted molar refractivity (Wildman–Crippen MR) is 88.3 cm³/mol. The number of non-ortho nitro benzene ring substituents is 1. The zero-order chi connectivity index (χ0) is 16.8. The van der Waals surface area contributed by atoms with Crippen molar-refractivity contribution in [1.29, 1.82) is 0 Å². The lowest BCUT2D eigenvalue weighted by molar-refractivity contribution is -0.384. The first-order valence-corrected chi connectivity index (χ1v) is 7.57. The largest absolute Gasteiger partial charge is 0.394 e. The first-order chi connectivity index (χ1) is 11.1. The van der Waals surface area contributed by atoms with Gasteiger partial charge in [0.1, 0.15) is 5.82 Å². The summed E-state index contributed by atoms with van der Waals surface area (Å²) < 4.78 is 0. The molecule has 1 unspecified atom stereocenters. The van der Waals surface area contributed by atoms with Gasteiger partial charge in [-0.1, -0.05) is 13.8 Å². The van der Waals surface area contributed by atoms with E-state index in [9.17, 15) is 15.2 Å². The second-order valence-corrected chi connectivity index (χ2v) is 5.16. The fourth-order valence-corrected chi connectivity index (χ4v) is 2.10. The van der Waals surface area contributed by atoms with Gasteiger partial charge in [-0.05, 0) is 25.0 Å². The summed E-state index contributed by atoms with van der Waals surface area (Å²) in [6.07, 6.45) is 1.52. The van der Waals surface area contributed by atoms with Gasteiger partial charge in [-0.15, -0.1) is 0 Å². The van der Waals surface area contributed by atoms with Crippen molar-refractivity contribution >= 4 is 11.5 Å². The molecule has 0 saturated heterocycles. The van der Waals surface area contributed by atoms with Gasteiger partial charge >= 0.3 is 0 Å². The molecule has 7 heteroatoms. The highest BCUT2D eigenvalue weighted by Crippen LogP contribution is 2.22. The van der Waals surface area contributed by atoms with Crippen LogP contribution >= 0.6 is 0 Å². The van der Waals surface area contributed by atoms with Crippen molar-refractivity contribution in [3.05, 3.63) is 46.1 Å². The van der Waals surface area contributed by atoms with E-state index in [1.807, 2.05) is 19.9 Å². The number of aliphatic hydroxyl groups excluding tert-OH is 1. The summed E-state index contributed by atoms with van der Waals surface area (Å²) in [7, 11) is 0. The molecule has 0 bridgehead atoms. The lowest BCUT2D eigenvalue weighted by atomic mass is 10.2. The van der Waals surface area contributed by atoms with Gasteiger partial charge in [0, 0.05) is 29.5 Å². The van der Waals surface area contributed by atoms with E-state index in [2.05, 4.69) is 15.3 Å². The number of aromatic nitrogens is 2. The normalized spacial score (nSPS) is 12.0. The summed E-state index contributed by atoms with van der Waals surface area (Å²) in [5.74, 6) is 1.15. The number of aryl methyl sites for hydroxylation is 1. The number of anilines is 1. The summed E-state index contributed by atoms with van der Waals surface area (Å²) in [6, 6.07) is 7.94. The Morgan fingerprint density at radius 2 is 1.96 bits per heavy atom. The molecule has 0 amide bonds. The van der Waals surface area contributed by atoms with E-state index in [-0.39, 0.29) is 18.3 Å². The van der Waals surface area contributed by atoms with Crippen LogP contribution in [0.4, 0.5) is 11.5 Å². The summed E-state index contributed by atoms with van der Waals surface area (Å²) in [5, 5.41) is 23.2. The fourth-order valence-electron chi connectivity index (χ4n) is 2.10. The molecule has 7 nitrogen and oxygen atoms in total. The minimum absolute atomic E-state index is 0.0226. The first-order valence-electron chi connectivity index (χ1n) is 7.57. The van der Waals surface area contributed by atoms with E-state index in [4.69, 9.17) is 0 Å². The molecule has 2 aromatic rings. The maximum Gasteiger partial charge on any atom is 0.269 e. The zero-order valence-electron chi connectivity index (χ0n) is 13.2. The Labute approximate surface area is 134 Å². The number of rotatable bonds is 7. The van der Waals surface area contributed by atoms with Gasteiger partial charge < -0.3 is 10.4 Å². The van der Waals surface area contributed by atoms with Gasteiger partial charge in [0.2, 0.25) is 0 Å². The Morgan fingerprint density at radius 1 is 1.26 bits per heavy atom. The molecule has 2 N–H and O–H groups in total. The monoisotopic (exact) mass is 316 g/mol. The van der Waals surface area contributed by atoms with E-state index in [1.54, 1.807) is 12.1 Å². The minimum atomic E-state index is -0.437. The molecule has 0 spiro atoms. The zero-order valence-corrected chi connectivity index (χ0v) is 13.2. The molecule has 0 saturated carbocycles. The first kappa shape index (κ1) is 16.8. The lowest BCUT2D eigenvalue weighted by Gasteiger charge is -2.16. The fraction of sp³-hybridized carbons (Fsp3) is 0.375. The molecule has 122 valence electrons. The van der Waals surface area contributed by atoms with Gasteiger partial charge in [-0.25, -0.2) is 9.97 Å². The van der Waals surface area contributed by atoms with Gasteiger partial charge in [0.15, 0.2) is 5.82 Å². The van der Waals surface area contributed by atoms with E-state index in [0.717, 1.165) is 18.5 Å². The Hall–Kier alpha value is -2.54. The number of nitrogens with one attached hydrogen (secondary N) is 1. The van der Waals surface area contributed by atoms with Crippen molar-refractivity contribution in [2.75, 3.05) is 11.9 Å². The van der Waals surface area contributed by atoms with Crippen LogP contribution in [0.2, 0.25) is 0 Å². The molecule has 1 heterocycles. The van der Waals surface area contributed by atoms with Crippen molar-refractivity contribution in [2.45, 2.75) is 32.7 Å². The van der Waals surface area contributed by atoms with E-state index in [1.165, 1.54) is 12.1 Å². The van der Waals surface area contributed by atoms with Gasteiger partial charge in [-0.3, -0.25) is 10.1 Å². The third-order valence-electron chi connectivity index (χ3n) is 3.54. The maximum absolute atomic E-state index is 10.7. The average molecular weight is 316 g/mol. The van der Waals surface area contributed by atoms with Crippen molar-refractivity contribution < 1.29 is 10.0 Å². The maximum atomic E-state index is 10.7. The van der Waals surface area contributed by atoms with Crippen molar-refractivity contribution in [1.82, 2.24) is 9.97 Å². The average Bonchev–Trinajstić information content (AvgIpc) is 2.59. The molecule has 1 atom stereocenters. The number of nitro groups is 1. The Kier molecular flexibility index (Phi) is 5.59. The molecule has 0 fully saturated rings. The molecule has 0 aliphatic carbocycles. The molecular weight excluding hydrogens is 296 g/mol. The lowest BCUT2D eigenvalue weighted by Crippen LogP contribution is -2.23. The molecule has 0 aliphatic rings. The summed E-state index contributed by atoms with van der Waals surface area (Å²) in [5.41, 5.74) is 1.61. The standard InChI is InChI=1S/C16H20N4O3/c1-3-12-9-15(17-13(4-2)10-21)19-16(18-12)11-5-7-14(8-6-11)20(22)23/h5-9,13,21H,3-4,10H2,1-2H3,(H,17,18,19). The molecule has 1 aromatic heterocycles. The third kappa shape index (κ3) is 4.23. The number of benzene rings is 1. The van der Waals surface area contributed by atoms with Crippen LogP contribution < -0.4 is 5.32 Å². The summed E-state index contributed by atoms with van der Waals surface area (Å²) in [6.45, 7) is 4.00. The van der Waals surface area contributed by atoms with Crippen LogP contribution in [0.15, 0.2) is 30.3 Å². The second-order valence-electron chi connectivity index (χ2n) is 5.16. The van der Waals surface area contributed by atoms with Crippen LogP contribution in [0.25, 0.3) is 11.4 Å². The summed E-state index contributed by atoms with van der Waals surface area (Å²) in [4.78, 5) is 19.2. The van der Waals surface area contributed by atoms with E-state index >= 15 is 0 Å². The van der Waals surface area contributed by atoms with Crippen LogP contribution in [0.5, 0.6) is 0 Å². The van der Waals surface area contributed by atoms with E-state index in [0.29, 0.717) is 17.2 Å². The Morgan fingerprint density at radius 3 is 2.48 bits per heavy atom. The van der Waals surface area contributed by atoms with Crippen LogP contribution in [0, 0.1) is 10.1 Å². The van der Waals surface area contributed by atoms with Gasteiger partial charge in [0.05, 0.1) is 17.6 Å². The molecular formula is C16H20N4O3. The third-order valence-corrected chi connectivity index (χ3v) is 3.54. The van der Waals surface area contributed by atoms with Crippen molar-refractivity contribution in [3.63, 3.8) is 0 Å². The van der Waals surface area contributed by atoms with Gasteiger partial charge in [0.25, 0.3) is 5.69 Å². The van der Waals surface area contributed by atoms with Crippen LogP contribution in [-0.2, 0) is 6.42 Å². The minimum Gasteiger partial charge on any atom is -0.394 e. The Bertz CT molecular complexity index is 670. The molecule has 2 rings (SSSR count). The molecule has 23 heavy (non-hydrogen) atoms. The molecule has 1 aromatic carbocycles. The van der Waals surface area contributed by atoms with Gasteiger partial charge in [-0.2, -0.15) is 0 Å². The quantitative estimate of drug-likeness (QED) is 0.601. The topological polar surface area (TPSA) is 101 Å². The SMILES string of the molecule is CCc1cc(NC(CC)CO)nc(-c2ccc([N+](=O)[O-])cc2)n1. The van der Waals surface area contributed by atoms with Crippen LogP contribution in [-0.4, -0.2) is 32.6 Å². The number of nitro benzene ring substituents is 1. The Balaban J connectivity index is 2.35. The van der Waals surface area contributed by atoms with Crippen LogP contribution in [0.1, 0.15) is 26.0 Å². The molecule has 0 radical (unpaired) electrons. The number of hydrogen-bond acceptors (Lipinski definition) is 6. The highest BCUT2D eigenvalue weighted by Gasteiger charge is 2.11. The summed E-state index contributed by atoms with van der Waals surface area (Å²) >= 11 is 0. The van der Waals surface area contributed by atoms with E-state index < -0.39 is 4.92 Å². The number of aliphatic hydroxyl groups is 1. The van der Waals surface area contributed by atoms with Crippen molar-refractivity contribution in [3.8, 4) is 11.4 Å². The highest BCUT2D eigenvalue weighted by atomic mass is 16.6.